The first-order valence-electron chi connectivity index (χ1n) is 15.4. The van der Waals surface area contributed by atoms with E-state index in [1.165, 1.54) is 12.5 Å². The maximum Gasteiger partial charge on any atom is 0.324 e. The fourth-order valence-electron chi connectivity index (χ4n) is 8.05. The summed E-state index contributed by atoms with van der Waals surface area (Å²) in [6.45, 7) is 11.8. The molecule has 2 aromatic heterocycles. The largest absolute Gasteiger partial charge is 0.493 e. The lowest BCUT2D eigenvalue weighted by molar-refractivity contribution is -0.131. The van der Waals surface area contributed by atoms with Crippen molar-refractivity contribution in [3.63, 3.8) is 0 Å². The Labute approximate surface area is 245 Å². The highest BCUT2D eigenvalue weighted by atomic mass is 19.1. The van der Waals surface area contributed by atoms with Gasteiger partial charge in [0.15, 0.2) is 11.7 Å². The second kappa shape index (κ2) is 10.1. The third-order valence-electron chi connectivity index (χ3n) is 10.5. The molecule has 224 valence electrons. The van der Waals surface area contributed by atoms with Crippen LogP contribution in [0.25, 0.3) is 0 Å². The third kappa shape index (κ3) is 4.67. The molecule has 4 atom stereocenters. The minimum absolute atomic E-state index is 0.0183. The highest BCUT2D eigenvalue weighted by Crippen LogP contribution is 2.87. The van der Waals surface area contributed by atoms with Crippen LogP contribution in [-0.4, -0.2) is 52.2 Å². The number of hydrogen-bond donors (Lipinski definition) is 0. The van der Waals surface area contributed by atoms with Crippen molar-refractivity contribution in [2.45, 2.75) is 78.7 Å². The number of halogens is 1. The third-order valence-corrected chi connectivity index (χ3v) is 10.5. The molecule has 2 unspecified atom stereocenters. The molecule has 3 fully saturated rings. The van der Waals surface area contributed by atoms with Crippen LogP contribution in [0.5, 0.6) is 5.75 Å². The summed E-state index contributed by atoms with van der Waals surface area (Å²) in [5.41, 5.74) is 1.90. The summed E-state index contributed by atoms with van der Waals surface area (Å²) in [4.78, 5) is 25.8. The van der Waals surface area contributed by atoms with Gasteiger partial charge in [-0.1, -0.05) is 32.0 Å². The molecule has 0 bridgehead atoms. The van der Waals surface area contributed by atoms with Gasteiger partial charge < -0.3 is 23.5 Å². The Hall–Kier alpha value is -3.43. The van der Waals surface area contributed by atoms with Crippen LogP contribution in [0.4, 0.5) is 10.4 Å². The highest BCUT2D eigenvalue weighted by Gasteiger charge is 2.82. The van der Waals surface area contributed by atoms with E-state index in [-0.39, 0.29) is 23.7 Å². The topological polar surface area (TPSA) is 97.7 Å². The molecule has 10 heteroatoms. The van der Waals surface area contributed by atoms with Crippen molar-refractivity contribution in [3.05, 3.63) is 52.7 Å². The molecule has 7 rings (SSSR count). The van der Waals surface area contributed by atoms with Gasteiger partial charge in [0.25, 0.3) is 0 Å². The first-order chi connectivity index (χ1) is 20.2. The van der Waals surface area contributed by atoms with E-state index in [0.29, 0.717) is 54.8 Å². The number of hydrogen-bond acceptors (Lipinski definition) is 8. The van der Waals surface area contributed by atoms with Crippen LogP contribution in [0.3, 0.4) is 0 Å². The van der Waals surface area contributed by atoms with E-state index in [0.717, 1.165) is 61.5 Å². The molecule has 1 amide bonds. The van der Waals surface area contributed by atoms with Crippen LogP contribution in [0.1, 0.15) is 81.1 Å². The van der Waals surface area contributed by atoms with E-state index in [9.17, 15) is 9.18 Å². The van der Waals surface area contributed by atoms with E-state index >= 15 is 0 Å². The Balaban J connectivity index is 0.885. The normalized spacial score (nSPS) is 28.0. The van der Waals surface area contributed by atoms with Crippen LogP contribution in [0, 0.1) is 35.4 Å². The smallest absolute Gasteiger partial charge is 0.324 e. The quantitative estimate of drug-likeness (QED) is 0.348. The summed E-state index contributed by atoms with van der Waals surface area (Å²) in [5, 5.41) is 4.14. The summed E-state index contributed by atoms with van der Waals surface area (Å²) >= 11 is 0. The van der Waals surface area contributed by atoms with Gasteiger partial charge in [-0.25, -0.2) is 9.37 Å². The van der Waals surface area contributed by atoms with Gasteiger partial charge >= 0.3 is 6.01 Å². The average Bonchev–Trinajstić information content (AvgIpc) is 3.57. The van der Waals surface area contributed by atoms with E-state index in [1.54, 1.807) is 24.0 Å². The van der Waals surface area contributed by atoms with Gasteiger partial charge in [-0.05, 0) is 60.0 Å². The number of benzene rings is 1. The Morgan fingerprint density at radius 3 is 2.69 bits per heavy atom. The number of carbonyl (C=O) groups excluding carboxylic acids is 1. The number of carbonyl (C=O) groups is 1. The first kappa shape index (κ1) is 27.4. The lowest BCUT2D eigenvalue weighted by Gasteiger charge is -2.25. The molecule has 2 saturated carbocycles. The van der Waals surface area contributed by atoms with Crippen LogP contribution in [0.2, 0.25) is 0 Å². The Kier molecular flexibility index (Phi) is 6.58. The van der Waals surface area contributed by atoms with Gasteiger partial charge in [0.05, 0.1) is 19.6 Å². The van der Waals surface area contributed by atoms with Gasteiger partial charge in [0.2, 0.25) is 5.91 Å². The standard InChI is InChI=1S/C32H40FN5O4/c1-19(2)29-35-30(42-36-29)37-11-7-23-24(8-12-37)32(23)18-31(32,4)10-14-40-22-6-5-21(25(33)16-22)15-28(39)38-13-9-27-26(17-38)34-20(3)41-27/h5-6,16,19,23-24H,7-15,17-18H2,1-4H3/t23-,24?,31+,32?/m0/s1. The second-order valence-electron chi connectivity index (χ2n) is 13.3. The monoisotopic (exact) mass is 577 g/mol. The van der Waals surface area contributed by atoms with Gasteiger partial charge in [0, 0.05) is 45.0 Å². The SMILES string of the molecule is Cc1nc2c(o1)CCN(C(=O)Cc1ccc(OCC[C@]3(C)CC34C3CCN(c5nc(C(C)C)no5)CC[C@@H]34)cc1F)C2. The Morgan fingerprint density at radius 1 is 1.19 bits per heavy atom. The lowest BCUT2D eigenvalue weighted by Crippen LogP contribution is -2.36. The van der Waals surface area contributed by atoms with E-state index in [2.05, 4.69) is 40.8 Å². The zero-order valence-corrected chi connectivity index (χ0v) is 25.0. The van der Waals surface area contributed by atoms with Gasteiger partial charge in [0.1, 0.15) is 23.0 Å². The van der Waals surface area contributed by atoms with Crippen molar-refractivity contribution in [2.75, 3.05) is 31.1 Å². The zero-order chi connectivity index (χ0) is 29.2. The molecule has 3 aromatic rings. The highest BCUT2D eigenvalue weighted by molar-refractivity contribution is 5.79. The fourth-order valence-corrected chi connectivity index (χ4v) is 8.05. The summed E-state index contributed by atoms with van der Waals surface area (Å²) < 4.78 is 32.1. The summed E-state index contributed by atoms with van der Waals surface area (Å²) in [5.74, 6) is 3.99. The van der Waals surface area contributed by atoms with Crippen molar-refractivity contribution in [3.8, 4) is 5.75 Å². The van der Waals surface area contributed by atoms with E-state index in [1.807, 2.05) is 0 Å². The molecule has 2 aliphatic carbocycles. The molecule has 0 N–H and O–H groups in total. The molecule has 4 heterocycles. The van der Waals surface area contributed by atoms with E-state index in [4.69, 9.17) is 13.7 Å². The molecular weight excluding hydrogens is 537 g/mol. The average molecular weight is 578 g/mol. The molecule has 2 aliphatic heterocycles. The van der Waals surface area contributed by atoms with Crippen molar-refractivity contribution in [2.24, 2.45) is 22.7 Å². The number of anilines is 1. The lowest BCUT2D eigenvalue weighted by atomic mass is 9.98. The maximum atomic E-state index is 15.0. The molecule has 1 aromatic carbocycles. The van der Waals surface area contributed by atoms with Gasteiger partial charge in [-0.15, -0.1) is 0 Å². The van der Waals surface area contributed by atoms with Crippen molar-refractivity contribution in [1.82, 2.24) is 20.0 Å². The molecule has 0 radical (unpaired) electrons. The molecule has 4 aliphatic rings. The summed E-state index contributed by atoms with van der Waals surface area (Å²) in [6.07, 6.45) is 5.18. The number of amides is 1. The van der Waals surface area contributed by atoms with Gasteiger partial charge in [-0.3, -0.25) is 4.79 Å². The minimum atomic E-state index is -0.402. The number of nitrogens with zero attached hydrogens (tertiary/aromatic N) is 5. The molecule has 1 saturated heterocycles. The number of rotatable bonds is 8. The van der Waals surface area contributed by atoms with Crippen LogP contribution >= 0.6 is 0 Å². The Bertz CT molecular complexity index is 1490. The van der Waals surface area contributed by atoms with Crippen LogP contribution in [0.15, 0.2) is 27.1 Å². The number of fused-ring (bicyclic) bond motifs is 4. The fraction of sp³-hybridized carbons (Fsp3) is 0.625. The van der Waals surface area contributed by atoms with Gasteiger partial charge in [-0.2, -0.15) is 4.98 Å². The number of aromatic nitrogens is 3. The number of oxazole rings is 1. The van der Waals surface area contributed by atoms with Crippen LogP contribution < -0.4 is 9.64 Å². The van der Waals surface area contributed by atoms with Crippen LogP contribution in [-0.2, 0) is 24.2 Å². The molecular formula is C32H40FN5O4. The van der Waals surface area contributed by atoms with Crippen molar-refractivity contribution >= 4 is 11.9 Å². The number of aryl methyl sites for hydroxylation is 1. The van der Waals surface area contributed by atoms with E-state index < -0.39 is 5.82 Å². The van der Waals surface area contributed by atoms with Crippen molar-refractivity contribution in [1.29, 1.82) is 0 Å². The Morgan fingerprint density at radius 2 is 1.98 bits per heavy atom. The minimum Gasteiger partial charge on any atom is -0.493 e. The predicted molar refractivity (Wildman–Crippen MR) is 153 cm³/mol. The van der Waals surface area contributed by atoms with Crippen molar-refractivity contribution < 1.29 is 22.9 Å². The second-order valence-corrected chi connectivity index (χ2v) is 13.3. The first-order valence-corrected chi connectivity index (χ1v) is 15.4. The summed E-state index contributed by atoms with van der Waals surface area (Å²) in [6, 6.07) is 5.54. The molecule has 42 heavy (non-hydrogen) atoms. The summed E-state index contributed by atoms with van der Waals surface area (Å²) in [7, 11) is 0. The maximum absolute atomic E-state index is 15.0. The zero-order valence-electron chi connectivity index (χ0n) is 25.0. The molecule has 9 nitrogen and oxygen atoms in total. The predicted octanol–water partition coefficient (Wildman–Crippen LogP) is 5.47. The molecule has 1 spiro atoms. The number of ether oxygens (including phenoxy) is 1.